The molecule has 0 bridgehead atoms. The summed E-state index contributed by atoms with van der Waals surface area (Å²) in [5.41, 5.74) is 3.94. The van der Waals surface area contributed by atoms with Crippen molar-refractivity contribution in [3.63, 3.8) is 0 Å². The maximum Gasteiger partial charge on any atom is 0.0856 e. The highest BCUT2D eigenvalue weighted by atomic mass is 16.3. The second-order valence-corrected chi connectivity index (χ2v) is 2.64. The summed E-state index contributed by atoms with van der Waals surface area (Å²) in [6, 6.07) is 0. The molecular weight excluding hydrogens is 178 g/mol. The lowest BCUT2D eigenvalue weighted by atomic mass is 10.1. The second kappa shape index (κ2) is 9.85. The molecule has 0 rings (SSSR count). The molecule has 0 fully saturated rings. The van der Waals surface area contributed by atoms with E-state index in [-0.39, 0.29) is 13.2 Å². The Bertz CT molecular complexity index is 86.6. The third-order valence-electron chi connectivity index (χ3n) is 1.26. The zero-order valence-corrected chi connectivity index (χ0v) is 7.56. The van der Waals surface area contributed by atoms with Crippen LogP contribution in [0, 0.1) is 0 Å². The van der Waals surface area contributed by atoms with Gasteiger partial charge in [0, 0.05) is 13.2 Å². The quantitative estimate of drug-likeness (QED) is 0.279. The topological polar surface area (TPSA) is 127 Å². The summed E-state index contributed by atoms with van der Waals surface area (Å²) >= 11 is 0. The first kappa shape index (κ1) is 15.2. The second-order valence-electron chi connectivity index (χ2n) is 2.64. The van der Waals surface area contributed by atoms with E-state index in [1.54, 1.807) is 0 Å². The molecule has 13 heavy (non-hydrogen) atoms. The van der Waals surface area contributed by atoms with Crippen LogP contribution in [0.3, 0.4) is 0 Å². The predicted molar refractivity (Wildman–Crippen MR) is 47.0 cm³/mol. The van der Waals surface area contributed by atoms with Gasteiger partial charge in [-0.1, -0.05) is 0 Å². The van der Waals surface area contributed by atoms with E-state index >= 15 is 0 Å². The van der Waals surface area contributed by atoms with Crippen molar-refractivity contribution in [2.75, 3.05) is 33.0 Å². The highest BCUT2D eigenvalue weighted by Crippen LogP contribution is 1.93. The highest BCUT2D eigenvalue weighted by molar-refractivity contribution is 4.80. The van der Waals surface area contributed by atoms with Gasteiger partial charge >= 0.3 is 0 Å². The first-order valence-electron chi connectivity index (χ1n) is 3.93. The summed E-state index contributed by atoms with van der Waals surface area (Å²) < 4.78 is 0. The van der Waals surface area contributed by atoms with Gasteiger partial charge in [-0.2, -0.15) is 0 Å². The summed E-state index contributed by atoms with van der Waals surface area (Å²) in [6.45, 7) is -1.02. The molecule has 0 spiro atoms. The van der Waals surface area contributed by atoms with Gasteiger partial charge in [0.15, 0.2) is 0 Å². The Morgan fingerprint density at radius 1 is 0.769 bits per heavy atom. The first-order valence-corrected chi connectivity index (χ1v) is 3.93. The van der Waals surface area contributed by atoms with Gasteiger partial charge in [0.1, 0.15) is 0 Å². The summed E-state index contributed by atoms with van der Waals surface area (Å²) in [7, 11) is 0. The van der Waals surface area contributed by atoms with Crippen molar-refractivity contribution in [2.24, 2.45) is 5.73 Å². The zero-order chi connectivity index (χ0) is 10.7. The fourth-order valence-electron chi connectivity index (χ4n) is 0.221. The molecule has 0 amide bonds. The third kappa shape index (κ3) is 9.68. The Balaban J connectivity index is 0. The van der Waals surface area contributed by atoms with Crippen LogP contribution in [0.4, 0.5) is 0 Å². The van der Waals surface area contributed by atoms with Crippen molar-refractivity contribution >= 4 is 0 Å². The van der Waals surface area contributed by atoms with E-state index < -0.39 is 25.4 Å². The van der Waals surface area contributed by atoms with Crippen LogP contribution < -0.4 is 5.73 Å². The van der Waals surface area contributed by atoms with Gasteiger partial charge < -0.3 is 31.3 Å². The number of rotatable bonds is 5. The van der Waals surface area contributed by atoms with Gasteiger partial charge in [-0.15, -0.1) is 0 Å². The Labute approximate surface area is 77.2 Å². The minimum Gasteiger partial charge on any atom is -0.396 e. The van der Waals surface area contributed by atoms with Crippen molar-refractivity contribution in [2.45, 2.75) is 12.0 Å². The van der Waals surface area contributed by atoms with E-state index in [4.69, 9.17) is 31.3 Å². The monoisotopic (exact) mass is 197 g/mol. The number of aliphatic hydroxyl groups excluding tert-OH is 5. The van der Waals surface area contributed by atoms with Crippen LogP contribution in [0.1, 0.15) is 6.42 Å². The van der Waals surface area contributed by atoms with Crippen molar-refractivity contribution in [1.29, 1.82) is 0 Å². The summed E-state index contributed by atoms with van der Waals surface area (Å²) in [5.74, 6) is 0. The third-order valence-corrected chi connectivity index (χ3v) is 1.26. The van der Waals surface area contributed by atoms with Gasteiger partial charge in [0.2, 0.25) is 0 Å². The van der Waals surface area contributed by atoms with Gasteiger partial charge in [-0.05, 0) is 6.42 Å². The molecule has 0 aliphatic heterocycles. The lowest BCUT2D eigenvalue weighted by Gasteiger charge is -2.20. The average molecular weight is 197 g/mol. The van der Waals surface area contributed by atoms with Crippen LogP contribution in [-0.2, 0) is 0 Å². The van der Waals surface area contributed by atoms with E-state index in [1.165, 1.54) is 0 Å². The van der Waals surface area contributed by atoms with E-state index in [2.05, 4.69) is 0 Å². The fourth-order valence-corrected chi connectivity index (χ4v) is 0.221. The van der Waals surface area contributed by atoms with Crippen LogP contribution in [-0.4, -0.2) is 64.1 Å². The van der Waals surface area contributed by atoms with E-state index in [1.807, 2.05) is 0 Å². The van der Waals surface area contributed by atoms with E-state index in [9.17, 15) is 0 Å². The van der Waals surface area contributed by atoms with E-state index in [0.717, 1.165) is 0 Å². The van der Waals surface area contributed by atoms with Gasteiger partial charge in [0.05, 0.1) is 25.4 Å². The molecule has 0 unspecified atom stereocenters. The molecule has 0 aromatic heterocycles. The molecule has 0 saturated heterocycles. The fraction of sp³-hybridized carbons (Fsp3) is 1.00. The molecule has 0 radical (unpaired) electrons. The van der Waals surface area contributed by atoms with Crippen LogP contribution in [0.5, 0.6) is 0 Å². The lowest BCUT2D eigenvalue weighted by Crippen LogP contribution is -2.50. The summed E-state index contributed by atoms with van der Waals surface area (Å²) in [5, 5.41) is 40.8. The predicted octanol–water partition coefficient (Wildman–Crippen LogP) is -2.98. The molecule has 0 aliphatic carbocycles. The average Bonchev–Trinajstić information content (AvgIpc) is 2.19. The molecule has 6 nitrogen and oxygen atoms in total. The molecular formula is C7H19NO5. The largest absolute Gasteiger partial charge is 0.396 e. The number of hydrogen-bond acceptors (Lipinski definition) is 6. The molecule has 0 atom stereocenters. The summed E-state index contributed by atoms with van der Waals surface area (Å²) in [6.07, 6.45) is 0.500. The van der Waals surface area contributed by atoms with Crippen molar-refractivity contribution in [3.8, 4) is 0 Å². The lowest BCUT2D eigenvalue weighted by molar-refractivity contribution is 0.0698. The molecule has 82 valence electrons. The molecule has 0 aromatic rings. The maximum absolute atomic E-state index is 8.34. The minimum absolute atomic E-state index is 0.0938. The SMILES string of the molecule is NC(CO)(CO)CO.OCCCO. The Hall–Kier alpha value is -0.240. The highest BCUT2D eigenvalue weighted by Gasteiger charge is 2.20. The molecule has 7 N–H and O–H groups in total. The Morgan fingerprint density at radius 3 is 1.08 bits per heavy atom. The standard InChI is InChI=1S/C4H11NO3.C3H8O2/c5-4(1-6,2-7)3-8;4-2-1-3-5/h6-8H,1-3,5H2;4-5H,1-3H2. The number of nitrogens with two attached hydrogens (primary N) is 1. The normalized spacial score (nSPS) is 10.6. The smallest absolute Gasteiger partial charge is 0.0856 e. The first-order chi connectivity index (χ1) is 6.10. The minimum atomic E-state index is -1.21. The van der Waals surface area contributed by atoms with Crippen molar-refractivity contribution < 1.29 is 25.5 Å². The van der Waals surface area contributed by atoms with Gasteiger partial charge in [-0.3, -0.25) is 0 Å². The Morgan fingerprint density at radius 2 is 1.08 bits per heavy atom. The van der Waals surface area contributed by atoms with Crippen LogP contribution in [0.2, 0.25) is 0 Å². The van der Waals surface area contributed by atoms with E-state index in [0.29, 0.717) is 6.42 Å². The van der Waals surface area contributed by atoms with Crippen molar-refractivity contribution in [3.05, 3.63) is 0 Å². The van der Waals surface area contributed by atoms with Crippen molar-refractivity contribution in [1.82, 2.24) is 0 Å². The zero-order valence-electron chi connectivity index (χ0n) is 7.56. The molecule has 0 saturated carbocycles. The van der Waals surface area contributed by atoms with Crippen LogP contribution >= 0.6 is 0 Å². The summed E-state index contributed by atoms with van der Waals surface area (Å²) in [4.78, 5) is 0. The molecule has 0 aromatic carbocycles. The van der Waals surface area contributed by atoms with Gasteiger partial charge in [0.25, 0.3) is 0 Å². The molecule has 6 heteroatoms. The van der Waals surface area contributed by atoms with Crippen LogP contribution in [0.25, 0.3) is 0 Å². The van der Waals surface area contributed by atoms with Gasteiger partial charge in [-0.25, -0.2) is 0 Å². The number of aliphatic hydroxyl groups is 5. The molecule has 0 heterocycles. The molecule has 0 aliphatic rings. The maximum atomic E-state index is 8.34. The number of hydrogen-bond donors (Lipinski definition) is 6. The van der Waals surface area contributed by atoms with Crippen LogP contribution in [0.15, 0.2) is 0 Å². The Kier molecular flexibility index (Phi) is 11.5.